The van der Waals surface area contributed by atoms with Gasteiger partial charge in [0.1, 0.15) is 0 Å². The molecule has 19 heavy (non-hydrogen) atoms. The SMILES string of the molecule is CCCNC(=O)Nc1oncc1-c1ccc(Cl)cc1. The van der Waals surface area contributed by atoms with Crippen LogP contribution in [-0.4, -0.2) is 17.7 Å². The molecule has 0 bridgehead atoms. The summed E-state index contributed by atoms with van der Waals surface area (Å²) in [6, 6.07) is 6.90. The molecule has 5 nitrogen and oxygen atoms in total. The molecule has 0 aliphatic rings. The van der Waals surface area contributed by atoms with Crippen LogP contribution in [0.4, 0.5) is 10.7 Å². The fourth-order valence-corrected chi connectivity index (χ4v) is 1.68. The van der Waals surface area contributed by atoms with E-state index >= 15 is 0 Å². The van der Waals surface area contributed by atoms with E-state index < -0.39 is 0 Å². The van der Waals surface area contributed by atoms with E-state index in [0.717, 1.165) is 12.0 Å². The van der Waals surface area contributed by atoms with E-state index in [1.165, 1.54) is 0 Å². The third kappa shape index (κ3) is 3.48. The summed E-state index contributed by atoms with van der Waals surface area (Å²) >= 11 is 5.84. The van der Waals surface area contributed by atoms with Crippen molar-refractivity contribution in [2.75, 3.05) is 11.9 Å². The van der Waals surface area contributed by atoms with E-state index in [4.69, 9.17) is 16.1 Å². The largest absolute Gasteiger partial charge is 0.338 e. The highest BCUT2D eigenvalue weighted by atomic mass is 35.5. The lowest BCUT2D eigenvalue weighted by molar-refractivity contribution is 0.251. The second kappa shape index (κ2) is 6.24. The van der Waals surface area contributed by atoms with E-state index in [9.17, 15) is 4.79 Å². The summed E-state index contributed by atoms with van der Waals surface area (Å²) in [5.74, 6) is 0.316. The molecule has 0 saturated carbocycles. The average molecular weight is 280 g/mol. The minimum atomic E-state index is -0.311. The van der Waals surface area contributed by atoms with Gasteiger partial charge in [0.05, 0.1) is 11.8 Å². The maximum absolute atomic E-state index is 11.6. The van der Waals surface area contributed by atoms with Gasteiger partial charge in [-0.3, -0.25) is 5.32 Å². The van der Waals surface area contributed by atoms with E-state index in [1.54, 1.807) is 18.3 Å². The van der Waals surface area contributed by atoms with Crippen LogP contribution in [0.1, 0.15) is 13.3 Å². The number of nitrogens with zero attached hydrogens (tertiary/aromatic N) is 1. The monoisotopic (exact) mass is 279 g/mol. The lowest BCUT2D eigenvalue weighted by atomic mass is 10.1. The molecule has 0 aliphatic heterocycles. The van der Waals surface area contributed by atoms with E-state index in [2.05, 4.69) is 15.8 Å². The Balaban J connectivity index is 2.13. The number of benzene rings is 1. The van der Waals surface area contributed by atoms with Crippen molar-refractivity contribution in [3.8, 4) is 11.1 Å². The first-order valence-corrected chi connectivity index (χ1v) is 6.34. The zero-order chi connectivity index (χ0) is 13.7. The fraction of sp³-hybridized carbons (Fsp3) is 0.231. The molecule has 1 heterocycles. The maximum atomic E-state index is 11.6. The number of rotatable bonds is 4. The summed E-state index contributed by atoms with van der Waals surface area (Å²) in [4.78, 5) is 11.6. The molecule has 100 valence electrons. The first-order valence-electron chi connectivity index (χ1n) is 5.96. The third-order valence-corrected chi connectivity index (χ3v) is 2.74. The van der Waals surface area contributed by atoms with Gasteiger partial charge < -0.3 is 9.84 Å². The molecule has 0 unspecified atom stereocenters. The van der Waals surface area contributed by atoms with E-state index in [-0.39, 0.29) is 6.03 Å². The first kappa shape index (κ1) is 13.4. The Morgan fingerprint density at radius 2 is 2.11 bits per heavy atom. The molecular formula is C13H14ClN3O2. The maximum Gasteiger partial charge on any atom is 0.321 e. The molecule has 6 heteroatoms. The molecule has 2 rings (SSSR count). The van der Waals surface area contributed by atoms with Gasteiger partial charge in [-0.2, -0.15) is 0 Å². The predicted molar refractivity (Wildman–Crippen MR) is 74.3 cm³/mol. The Labute approximate surface area is 115 Å². The average Bonchev–Trinajstić information content (AvgIpc) is 2.85. The third-order valence-electron chi connectivity index (χ3n) is 2.49. The van der Waals surface area contributed by atoms with Crippen molar-refractivity contribution < 1.29 is 9.32 Å². The molecular weight excluding hydrogens is 266 g/mol. The Kier molecular flexibility index (Phi) is 4.41. The Morgan fingerprint density at radius 3 is 2.79 bits per heavy atom. The van der Waals surface area contributed by atoms with Crippen molar-refractivity contribution in [1.82, 2.24) is 10.5 Å². The second-order valence-corrected chi connectivity index (χ2v) is 4.39. The molecule has 1 aromatic carbocycles. The highest BCUT2D eigenvalue weighted by Gasteiger charge is 2.12. The van der Waals surface area contributed by atoms with Crippen LogP contribution in [0, 0.1) is 0 Å². The number of urea groups is 1. The number of carbonyl (C=O) groups excluding carboxylic acids is 1. The number of hydrogen-bond donors (Lipinski definition) is 2. The molecule has 2 aromatic rings. The van der Waals surface area contributed by atoms with Gasteiger partial charge in [0, 0.05) is 11.6 Å². The molecule has 0 aliphatic carbocycles. The molecule has 2 N–H and O–H groups in total. The molecule has 0 saturated heterocycles. The predicted octanol–water partition coefficient (Wildman–Crippen LogP) is 3.53. The standard InChI is InChI=1S/C13H14ClN3O2/c1-2-7-15-13(18)17-12-11(8-16-19-12)9-3-5-10(14)6-4-9/h3-6,8H,2,7H2,1H3,(H2,15,17,18). The van der Waals surface area contributed by atoms with Crippen LogP contribution >= 0.6 is 11.6 Å². The van der Waals surface area contributed by atoms with Crippen LogP contribution in [0.3, 0.4) is 0 Å². The van der Waals surface area contributed by atoms with Crippen molar-refractivity contribution in [2.24, 2.45) is 0 Å². The Bertz CT molecular complexity index is 551. The smallest absolute Gasteiger partial charge is 0.321 e. The van der Waals surface area contributed by atoms with Crippen LogP contribution in [0.15, 0.2) is 35.0 Å². The molecule has 0 fully saturated rings. The van der Waals surface area contributed by atoms with Crippen molar-refractivity contribution in [1.29, 1.82) is 0 Å². The van der Waals surface area contributed by atoms with Gasteiger partial charge >= 0.3 is 6.03 Å². The minimum absolute atomic E-state index is 0.311. The topological polar surface area (TPSA) is 67.2 Å². The zero-order valence-electron chi connectivity index (χ0n) is 10.4. The van der Waals surface area contributed by atoms with Gasteiger partial charge in [0.2, 0.25) is 5.88 Å². The van der Waals surface area contributed by atoms with E-state index in [0.29, 0.717) is 23.0 Å². The summed E-state index contributed by atoms with van der Waals surface area (Å²) in [5, 5.41) is 9.68. The van der Waals surface area contributed by atoms with Gasteiger partial charge in [-0.25, -0.2) is 4.79 Å². The fourth-order valence-electron chi connectivity index (χ4n) is 1.55. The minimum Gasteiger partial charge on any atom is -0.338 e. The number of halogens is 1. The van der Waals surface area contributed by atoms with Crippen LogP contribution in [0.2, 0.25) is 5.02 Å². The van der Waals surface area contributed by atoms with Crippen LogP contribution < -0.4 is 10.6 Å². The first-order chi connectivity index (χ1) is 9.20. The molecule has 0 radical (unpaired) electrons. The number of amides is 2. The van der Waals surface area contributed by atoms with Crippen LogP contribution in [-0.2, 0) is 0 Å². The summed E-state index contributed by atoms with van der Waals surface area (Å²) in [7, 11) is 0. The van der Waals surface area contributed by atoms with Gasteiger partial charge in [0.15, 0.2) is 0 Å². The molecule has 0 spiro atoms. The van der Waals surface area contributed by atoms with Crippen molar-refractivity contribution in [3.05, 3.63) is 35.5 Å². The number of carbonyl (C=O) groups is 1. The summed E-state index contributed by atoms with van der Waals surface area (Å²) < 4.78 is 5.04. The highest BCUT2D eigenvalue weighted by molar-refractivity contribution is 6.30. The van der Waals surface area contributed by atoms with Gasteiger partial charge in [-0.05, 0) is 24.1 Å². The molecule has 2 amide bonds. The van der Waals surface area contributed by atoms with Gasteiger partial charge in [-0.1, -0.05) is 35.8 Å². The van der Waals surface area contributed by atoms with Gasteiger partial charge in [-0.15, -0.1) is 0 Å². The second-order valence-electron chi connectivity index (χ2n) is 3.96. The number of hydrogen-bond acceptors (Lipinski definition) is 3. The lowest BCUT2D eigenvalue weighted by Gasteiger charge is -2.05. The summed E-state index contributed by atoms with van der Waals surface area (Å²) in [5.41, 5.74) is 1.58. The highest BCUT2D eigenvalue weighted by Crippen LogP contribution is 2.28. The molecule has 1 aromatic heterocycles. The van der Waals surface area contributed by atoms with Crippen molar-refractivity contribution >= 4 is 23.5 Å². The Morgan fingerprint density at radius 1 is 1.37 bits per heavy atom. The number of aromatic nitrogens is 1. The normalized spacial score (nSPS) is 10.2. The number of nitrogens with one attached hydrogen (secondary N) is 2. The van der Waals surface area contributed by atoms with Crippen molar-refractivity contribution in [3.63, 3.8) is 0 Å². The zero-order valence-corrected chi connectivity index (χ0v) is 11.2. The Hall–Kier alpha value is -2.01. The molecule has 0 atom stereocenters. The number of anilines is 1. The van der Waals surface area contributed by atoms with Crippen LogP contribution in [0.5, 0.6) is 0 Å². The van der Waals surface area contributed by atoms with Crippen LogP contribution in [0.25, 0.3) is 11.1 Å². The van der Waals surface area contributed by atoms with Crippen molar-refractivity contribution in [2.45, 2.75) is 13.3 Å². The summed E-state index contributed by atoms with van der Waals surface area (Å²) in [6.07, 6.45) is 2.42. The lowest BCUT2D eigenvalue weighted by Crippen LogP contribution is -2.29. The van der Waals surface area contributed by atoms with E-state index in [1.807, 2.05) is 19.1 Å². The van der Waals surface area contributed by atoms with Gasteiger partial charge in [0.25, 0.3) is 0 Å². The quantitative estimate of drug-likeness (QED) is 0.900. The summed E-state index contributed by atoms with van der Waals surface area (Å²) in [6.45, 7) is 2.59.